The Morgan fingerprint density at radius 3 is 2.04 bits per heavy atom. The lowest BCUT2D eigenvalue weighted by molar-refractivity contribution is 0.460. The van der Waals surface area contributed by atoms with Gasteiger partial charge in [-0.2, -0.15) is 0 Å². The highest BCUT2D eigenvalue weighted by atomic mass is 16.3. The van der Waals surface area contributed by atoms with Crippen LogP contribution in [0.3, 0.4) is 0 Å². The molecule has 0 saturated carbocycles. The first kappa shape index (κ1) is 30.4. The van der Waals surface area contributed by atoms with E-state index in [1.165, 1.54) is 49.4 Å². The van der Waals surface area contributed by atoms with Crippen molar-refractivity contribution in [3.63, 3.8) is 0 Å². The summed E-state index contributed by atoms with van der Waals surface area (Å²) in [6.07, 6.45) is 8.63. The molecular formula is C50H34N4O. The Kier molecular flexibility index (Phi) is 6.47. The number of allylic oxidation sites excluding steroid dienone is 2. The van der Waals surface area contributed by atoms with Gasteiger partial charge in [-0.1, -0.05) is 121 Å². The molecule has 0 saturated heterocycles. The molecule has 2 unspecified atom stereocenters. The van der Waals surface area contributed by atoms with Gasteiger partial charge in [-0.25, -0.2) is 0 Å². The van der Waals surface area contributed by atoms with Crippen molar-refractivity contribution >= 4 is 71.2 Å². The molecule has 1 aliphatic carbocycles. The van der Waals surface area contributed by atoms with Crippen molar-refractivity contribution in [3.8, 4) is 11.4 Å². The highest BCUT2D eigenvalue weighted by molar-refractivity contribution is 6.30. The van der Waals surface area contributed by atoms with Crippen LogP contribution in [-0.2, 0) is 0 Å². The van der Waals surface area contributed by atoms with Gasteiger partial charge in [0, 0.05) is 44.0 Å². The first-order chi connectivity index (χ1) is 27.3. The molecule has 4 heterocycles. The normalized spacial score (nSPS) is 16.9. The third kappa shape index (κ3) is 4.45. The van der Waals surface area contributed by atoms with Gasteiger partial charge in [0.25, 0.3) is 0 Å². The number of nitrogens with one attached hydrogen (secondary N) is 2. The molecular weight excluding hydrogens is 673 g/mol. The molecule has 2 N–H and O–H groups in total. The van der Waals surface area contributed by atoms with Crippen LogP contribution in [0, 0.1) is 0 Å². The topological polar surface area (TPSA) is 47.1 Å². The van der Waals surface area contributed by atoms with E-state index in [2.05, 4.69) is 196 Å². The summed E-state index contributed by atoms with van der Waals surface area (Å²) in [5.74, 6) is 0. The number of furan rings is 1. The van der Waals surface area contributed by atoms with E-state index >= 15 is 0 Å². The molecule has 55 heavy (non-hydrogen) atoms. The lowest BCUT2D eigenvalue weighted by Crippen LogP contribution is -2.45. The third-order valence-corrected chi connectivity index (χ3v) is 11.6. The molecule has 0 spiro atoms. The van der Waals surface area contributed by atoms with Crippen molar-refractivity contribution in [2.45, 2.75) is 12.2 Å². The van der Waals surface area contributed by atoms with Gasteiger partial charge in [0.1, 0.15) is 17.3 Å². The predicted molar refractivity (Wildman–Crippen MR) is 227 cm³/mol. The summed E-state index contributed by atoms with van der Waals surface area (Å²) in [6.45, 7) is 0. The maximum atomic E-state index is 6.74. The summed E-state index contributed by atoms with van der Waals surface area (Å²) in [5.41, 5.74) is 13.5. The second-order valence-corrected chi connectivity index (χ2v) is 14.6. The number of para-hydroxylation sites is 3. The van der Waals surface area contributed by atoms with Crippen LogP contribution in [0.25, 0.3) is 82.6 Å². The van der Waals surface area contributed by atoms with E-state index < -0.39 is 0 Å². The maximum Gasteiger partial charge on any atom is 0.145 e. The Bertz CT molecular complexity index is 3250. The van der Waals surface area contributed by atoms with Gasteiger partial charge in [-0.15, -0.1) is 0 Å². The van der Waals surface area contributed by atoms with E-state index in [1.807, 2.05) is 6.07 Å². The average molecular weight is 707 g/mol. The van der Waals surface area contributed by atoms with Crippen LogP contribution in [-0.4, -0.2) is 15.2 Å². The summed E-state index contributed by atoms with van der Waals surface area (Å²) < 4.78 is 11.6. The Morgan fingerprint density at radius 2 is 1.20 bits per heavy atom. The second kappa shape index (κ2) is 11.7. The van der Waals surface area contributed by atoms with Crippen LogP contribution < -0.4 is 10.6 Å². The van der Waals surface area contributed by atoms with Gasteiger partial charge < -0.3 is 18.9 Å². The summed E-state index contributed by atoms with van der Waals surface area (Å²) in [4.78, 5) is 0. The number of aromatic nitrogens is 2. The van der Waals surface area contributed by atoms with E-state index in [0.29, 0.717) is 0 Å². The molecule has 12 rings (SSSR count). The number of benzene rings is 7. The minimum atomic E-state index is -0.0713. The molecule has 3 aromatic heterocycles. The molecule has 0 amide bonds. The van der Waals surface area contributed by atoms with Crippen molar-refractivity contribution in [3.05, 3.63) is 199 Å². The first-order valence-corrected chi connectivity index (χ1v) is 18.9. The fraction of sp³-hybridized carbons (Fsp3) is 0.0400. The van der Waals surface area contributed by atoms with Gasteiger partial charge in [-0.05, 0) is 77.4 Å². The van der Waals surface area contributed by atoms with Crippen molar-refractivity contribution in [1.82, 2.24) is 19.8 Å². The quantitative estimate of drug-likeness (QED) is 0.192. The van der Waals surface area contributed by atoms with Crippen molar-refractivity contribution in [2.75, 3.05) is 0 Å². The predicted octanol–water partition coefficient (Wildman–Crippen LogP) is 11.9. The first-order valence-electron chi connectivity index (χ1n) is 18.9. The fourth-order valence-electron chi connectivity index (χ4n) is 9.17. The lowest BCUT2D eigenvalue weighted by Gasteiger charge is -2.36. The Morgan fingerprint density at radius 1 is 0.509 bits per heavy atom. The van der Waals surface area contributed by atoms with E-state index in [1.54, 1.807) is 0 Å². The monoisotopic (exact) mass is 706 g/mol. The number of nitrogens with zero attached hydrogens (tertiary/aromatic N) is 2. The molecule has 0 fully saturated rings. The lowest BCUT2D eigenvalue weighted by atomic mass is 9.92. The molecule has 5 heteroatoms. The molecule has 1 aliphatic heterocycles. The van der Waals surface area contributed by atoms with E-state index in [-0.39, 0.29) is 12.2 Å². The molecule has 0 radical (unpaired) electrons. The second-order valence-electron chi connectivity index (χ2n) is 14.6. The Hall–Kier alpha value is -7.08. The van der Waals surface area contributed by atoms with Crippen LogP contribution in [0.2, 0.25) is 0 Å². The summed E-state index contributed by atoms with van der Waals surface area (Å²) in [5, 5.41) is 14.7. The van der Waals surface area contributed by atoms with Crippen molar-refractivity contribution in [2.24, 2.45) is 0 Å². The minimum Gasteiger partial charge on any atom is -0.455 e. The SMILES string of the molecule is C1=CC2=C(c3ccccc3)NC(c3ccc(-n4c5ccc6c7ccccc7oc6c5c5ccc6c(c7ccccc7n6-c6ccccc6)c54)cc3)NC2C=C1. The summed E-state index contributed by atoms with van der Waals surface area (Å²) in [6, 6.07) is 56.8. The zero-order chi connectivity index (χ0) is 36.0. The zero-order valence-electron chi connectivity index (χ0n) is 29.8. The molecule has 2 aliphatic rings. The van der Waals surface area contributed by atoms with E-state index in [0.717, 1.165) is 49.9 Å². The smallest absolute Gasteiger partial charge is 0.145 e. The number of hydrogen-bond donors (Lipinski definition) is 2. The van der Waals surface area contributed by atoms with Crippen LogP contribution in [0.15, 0.2) is 192 Å². The highest BCUT2D eigenvalue weighted by Crippen LogP contribution is 2.45. The van der Waals surface area contributed by atoms with Crippen molar-refractivity contribution in [1.29, 1.82) is 0 Å². The fourth-order valence-corrected chi connectivity index (χ4v) is 9.17. The average Bonchev–Trinajstić information content (AvgIpc) is 3.91. The Labute approximate surface area is 316 Å². The minimum absolute atomic E-state index is 0.0713. The molecule has 5 nitrogen and oxygen atoms in total. The van der Waals surface area contributed by atoms with Crippen LogP contribution >= 0.6 is 0 Å². The summed E-state index contributed by atoms with van der Waals surface area (Å²) in [7, 11) is 0. The van der Waals surface area contributed by atoms with Gasteiger partial charge in [0.15, 0.2) is 0 Å². The van der Waals surface area contributed by atoms with Crippen LogP contribution in [0.5, 0.6) is 0 Å². The molecule has 10 aromatic rings. The number of rotatable bonds is 4. The van der Waals surface area contributed by atoms with E-state index in [9.17, 15) is 0 Å². The number of hydrogen-bond acceptors (Lipinski definition) is 3. The zero-order valence-corrected chi connectivity index (χ0v) is 29.8. The third-order valence-electron chi connectivity index (χ3n) is 11.6. The molecule has 2 atom stereocenters. The standard InChI is InChI=1S/C50H34N4O/c1-3-13-31(14-4-1)47-37-18-7-10-20-40(37)51-50(52-47)32-23-25-34(26-24-32)54-43-29-27-36-35-17-9-12-22-44(35)55-49(36)46(43)39-28-30-42-45(48(39)54)38-19-8-11-21-41(38)53(42)33-15-5-2-6-16-33/h1-30,40,50-52H. The van der Waals surface area contributed by atoms with Gasteiger partial charge in [-0.3, -0.25) is 5.32 Å². The summed E-state index contributed by atoms with van der Waals surface area (Å²) >= 11 is 0. The highest BCUT2D eigenvalue weighted by Gasteiger charge is 2.29. The largest absolute Gasteiger partial charge is 0.455 e. The van der Waals surface area contributed by atoms with Crippen LogP contribution in [0.4, 0.5) is 0 Å². The van der Waals surface area contributed by atoms with E-state index in [4.69, 9.17) is 4.42 Å². The molecule has 0 bridgehead atoms. The molecule has 260 valence electrons. The van der Waals surface area contributed by atoms with Gasteiger partial charge in [0.2, 0.25) is 0 Å². The van der Waals surface area contributed by atoms with Crippen molar-refractivity contribution < 1.29 is 4.42 Å². The van der Waals surface area contributed by atoms with Gasteiger partial charge >= 0.3 is 0 Å². The number of fused-ring (bicyclic) bond motifs is 12. The molecule has 7 aromatic carbocycles. The maximum absolute atomic E-state index is 6.74. The van der Waals surface area contributed by atoms with Crippen LogP contribution in [0.1, 0.15) is 17.3 Å². The van der Waals surface area contributed by atoms with Gasteiger partial charge in [0.05, 0.1) is 33.5 Å². The Balaban J connectivity index is 1.10.